The molecule has 0 atom stereocenters. The van der Waals surface area contributed by atoms with Gasteiger partial charge in [0, 0.05) is 6.26 Å². The topological polar surface area (TPSA) is 101 Å². The zero-order valence-corrected chi connectivity index (χ0v) is 10.7. The van der Waals surface area contributed by atoms with Crippen molar-refractivity contribution >= 4 is 19.9 Å². The molecule has 0 fully saturated rings. The summed E-state index contributed by atoms with van der Waals surface area (Å²) in [6.07, 6.45) is 0.972. The third-order valence-corrected chi connectivity index (χ3v) is 4.36. The average molecular weight is 259 g/mol. The van der Waals surface area contributed by atoms with E-state index < -0.39 is 36.9 Å². The first-order chi connectivity index (χ1) is 6.47. The predicted octanol–water partition coefficient (Wildman–Crippen LogP) is -1.28. The molecule has 0 aromatic heterocycles. The van der Waals surface area contributed by atoms with Gasteiger partial charge in [-0.1, -0.05) is 0 Å². The second kappa shape index (κ2) is 4.77. The number of nitrogens with one attached hydrogen (secondary N) is 1. The van der Waals surface area contributed by atoms with Crippen molar-refractivity contribution in [3.05, 3.63) is 0 Å². The van der Waals surface area contributed by atoms with Crippen molar-refractivity contribution in [2.24, 2.45) is 0 Å². The van der Waals surface area contributed by atoms with Gasteiger partial charge < -0.3 is 5.11 Å². The highest BCUT2D eigenvalue weighted by Crippen LogP contribution is 2.03. The molecular weight excluding hydrogens is 242 g/mol. The van der Waals surface area contributed by atoms with E-state index in [1.54, 1.807) is 0 Å². The lowest BCUT2D eigenvalue weighted by atomic mass is 10.1. The molecule has 0 rings (SSSR count). The van der Waals surface area contributed by atoms with Crippen molar-refractivity contribution in [2.45, 2.75) is 19.4 Å². The second-order valence-corrected chi connectivity index (χ2v) is 8.19. The van der Waals surface area contributed by atoms with Crippen molar-refractivity contribution < 1.29 is 21.9 Å². The minimum absolute atomic E-state index is 0.356. The minimum atomic E-state index is -3.67. The van der Waals surface area contributed by atoms with Crippen LogP contribution in [-0.4, -0.2) is 51.8 Å². The van der Waals surface area contributed by atoms with Gasteiger partial charge in [0.15, 0.2) is 0 Å². The Morgan fingerprint density at radius 1 is 1.13 bits per heavy atom. The molecule has 0 spiro atoms. The van der Waals surface area contributed by atoms with Crippen molar-refractivity contribution in [1.82, 2.24) is 4.72 Å². The van der Waals surface area contributed by atoms with E-state index in [4.69, 9.17) is 5.11 Å². The maximum atomic E-state index is 11.4. The van der Waals surface area contributed by atoms with Crippen LogP contribution in [0.5, 0.6) is 0 Å². The van der Waals surface area contributed by atoms with E-state index in [1.165, 1.54) is 13.8 Å². The fourth-order valence-electron chi connectivity index (χ4n) is 0.765. The van der Waals surface area contributed by atoms with Crippen molar-refractivity contribution in [1.29, 1.82) is 0 Å². The highest BCUT2D eigenvalue weighted by atomic mass is 32.2. The summed E-state index contributed by atoms with van der Waals surface area (Å²) >= 11 is 0. The number of hydrogen-bond acceptors (Lipinski definition) is 5. The molecule has 0 amide bonds. The fourth-order valence-corrected chi connectivity index (χ4v) is 3.86. The van der Waals surface area contributed by atoms with Crippen molar-refractivity contribution in [3.63, 3.8) is 0 Å². The summed E-state index contributed by atoms with van der Waals surface area (Å²) in [4.78, 5) is 0. The number of sulfonamides is 1. The van der Waals surface area contributed by atoms with Crippen LogP contribution >= 0.6 is 0 Å². The summed E-state index contributed by atoms with van der Waals surface area (Å²) in [6, 6.07) is 0. The molecular formula is C7H17NO5S2. The average Bonchev–Trinajstić information content (AvgIpc) is 1.98. The lowest BCUT2D eigenvalue weighted by Crippen LogP contribution is -2.47. The molecule has 15 heavy (non-hydrogen) atoms. The molecule has 8 heteroatoms. The maximum absolute atomic E-state index is 11.4. The zero-order valence-electron chi connectivity index (χ0n) is 9.02. The van der Waals surface area contributed by atoms with Crippen molar-refractivity contribution in [3.8, 4) is 0 Å². The lowest BCUT2D eigenvalue weighted by Gasteiger charge is -2.22. The fraction of sp³-hybridized carbons (Fsp3) is 1.00. The SMILES string of the molecule is CC(C)(CO)NS(=O)(=O)CCS(C)(=O)=O. The van der Waals surface area contributed by atoms with Gasteiger partial charge in [-0.3, -0.25) is 0 Å². The third-order valence-electron chi connectivity index (χ3n) is 1.55. The molecule has 0 aliphatic carbocycles. The molecule has 92 valence electrons. The number of rotatable bonds is 6. The van der Waals surface area contributed by atoms with E-state index in [9.17, 15) is 16.8 Å². The van der Waals surface area contributed by atoms with E-state index in [0.717, 1.165) is 6.26 Å². The molecule has 2 N–H and O–H groups in total. The number of aliphatic hydroxyl groups excluding tert-OH is 1. The van der Waals surface area contributed by atoms with Gasteiger partial charge in [-0.05, 0) is 13.8 Å². The molecule has 0 unspecified atom stereocenters. The molecule has 0 heterocycles. The Morgan fingerprint density at radius 3 is 1.93 bits per heavy atom. The summed E-state index contributed by atoms with van der Waals surface area (Å²) < 4.78 is 46.5. The molecule has 0 aromatic rings. The summed E-state index contributed by atoms with van der Waals surface area (Å²) in [5, 5.41) is 8.84. The molecule has 0 saturated heterocycles. The first-order valence-electron chi connectivity index (χ1n) is 4.28. The molecule has 0 aromatic carbocycles. The molecule has 6 nitrogen and oxygen atoms in total. The van der Waals surface area contributed by atoms with Crippen LogP contribution in [0.3, 0.4) is 0 Å². The van der Waals surface area contributed by atoms with Crippen LogP contribution in [0, 0.1) is 0 Å². The number of sulfone groups is 1. The van der Waals surface area contributed by atoms with Crippen LogP contribution in [0.1, 0.15) is 13.8 Å². The van der Waals surface area contributed by atoms with Crippen LogP contribution < -0.4 is 4.72 Å². The normalized spacial score (nSPS) is 14.1. The van der Waals surface area contributed by atoms with E-state index in [2.05, 4.69) is 4.72 Å². The van der Waals surface area contributed by atoms with Gasteiger partial charge in [-0.15, -0.1) is 0 Å². The summed E-state index contributed by atoms with van der Waals surface area (Å²) in [6.45, 7) is 2.65. The van der Waals surface area contributed by atoms with Gasteiger partial charge in [-0.2, -0.15) is 0 Å². The Kier molecular flexibility index (Phi) is 4.71. The van der Waals surface area contributed by atoms with E-state index in [-0.39, 0.29) is 6.61 Å². The smallest absolute Gasteiger partial charge is 0.213 e. The largest absolute Gasteiger partial charge is 0.394 e. The summed E-state index contributed by atoms with van der Waals surface area (Å²) in [5.41, 5.74) is -0.976. The Bertz CT molecular complexity index is 395. The van der Waals surface area contributed by atoms with E-state index in [0.29, 0.717) is 0 Å². The maximum Gasteiger partial charge on any atom is 0.213 e. The third kappa shape index (κ3) is 7.71. The van der Waals surface area contributed by atoms with Crippen LogP contribution in [0.15, 0.2) is 0 Å². The highest BCUT2D eigenvalue weighted by Gasteiger charge is 2.24. The van der Waals surface area contributed by atoms with Gasteiger partial charge in [0.05, 0.1) is 23.7 Å². The molecule has 0 saturated carbocycles. The quantitative estimate of drug-likeness (QED) is 0.619. The van der Waals surface area contributed by atoms with Gasteiger partial charge in [0.2, 0.25) is 10.0 Å². The minimum Gasteiger partial charge on any atom is -0.394 e. The lowest BCUT2D eigenvalue weighted by molar-refractivity contribution is 0.208. The summed E-state index contributed by atoms with van der Waals surface area (Å²) in [7, 11) is -6.98. The standard InChI is InChI=1S/C7H17NO5S2/c1-7(2,6-9)8-15(12,13)5-4-14(3,10)11/h8-9H,4-6H2,1-3H3. The molecule has 0 aliphatic heterocycles. The molecule has 0 radical (unpaired) electrons. The van der Waals surface area contributed by atoms with Crippen LogP contribution in [-0.2, 0) is 19.9 Å². The number of aliphatic hydroxyl groups is 1. The second-order valence-electron chi connectivity index (χ2n) is 4.09. The van der Waals surface area contributed by atoms with E-state index in [1.807, 2.05) is 0 Å². The first-order valence-corrected chi connectivity index (χ1v) is 7.99. The Hall–Kier alpha value is -0.180. The van der Waals surface area contributed by atoms with Gasteiger partial charge in [0.1, 0.15) is 9.84 Å². The highest BCUT2D eigenvalue weighted by molar-refractivity contribution is 7.93. The Balaban J connectivity index is 4.47. The van der Waals surface area contributed by atoms with Gasteiger partial charge in [-0.25, -0.2) is 21.6 Å². The van der Waals surface area contributed by atoms with E-state index >= 15 is 0 Å². The Labute approximate surface area is 90.7 Å². The van der Waals surface area contributed by atoms with Crippen LogP contribution in [0.2, 0.25) is 0 Å². The molecule has 0 aliphatic rings. The number of hydrogen-bond donors (Lipinski definition) is 2. The van der Waals surface area contributed by atoms with Crippen LogP contribution in [0.25, 0.3) is 0 Å². The summed E-state index contributed by atoms with van der Waals surface area (Å²) in [5.74, 6) is -0.918. The van der Waals surface area contributed by atoms with Crippen molar-refractivity contribution in [2.75, 3.05) is 24.4 Å². The monoisotopic (exact) mass is 259 g/mol. The zero-order chi connectivity index (χ0) is 12.3. The van der Waals surface area contributed by atoms with Crippen LogP contribution in [0.4, 0.5) is 0 Å². The predicted molar refractivity (Wildman–Crippen MR) is 57.8 cm³/mol. The first kappa shape index (κ1) is 14.8. The van der Waals surface area contributed by atoms with Gasteiger partial charge >= 0.3 is 0 Å². The van der Waals surface area contributed by atoms with Gasteiger partial charge in [0.25, 0.3) is 0 Å². The molecule has 0 bridgehead atoms. The Morgan fingerprint density at radius 2 is 1.60 bits per heavy atom.